The molecule has 0 radical (unpaired) electrons. The normalized spacial score (nSPS) is 22.7. The van der Waals surface area contributed by atoms with Crippen LogP contribution >= 0.6 is 0 Å². The van der Waals surface area contributed by atoms with E-state index in [1.807, 2.05) is 17.3 Å². The largest absolute Gasteiger partial charge is 0.368 e. The van der Waals surface area contributed by atoms with Crippen molar-refractivity contribution in [1.82, 2.24) is 15.3 Å². The molecule has 6 heteroatoms. The van der Waals surface area contributed by atoms with Crippen LogP contribution in [0.1, 0.15) is 31.2 Å². The fraction of sp³-hybridized carbons (Fsp3) is 0.615. The van der Waals surface area contributed by atoms with Crippen molar-refractivity contribution in [2.45, 2.75) is 44.3 Å². The van der Waals surface area contributed by atoms with Gasteiger partial charge in [0.15, 0.2) is 0 Å². The van der Waals surface area contributed by atoms with E-state index in [1.165, 1.54) is 12.8 Å². The van der Waals surface area contributed by atoms with Crippen LogP contribution < -0.4 is 16.0 Å². The van der Waals surface area contributed by atoms with Crippen LogP contribution in [-0.2, 0) is 11.3 Å². The Kier molecular flexibility index (Phi) is 3.33. The highest BCUT2D eigenvalue weighted by Gasteiger charge is 2.30. The molecule has 2 heterocycles. The van der Waals surface area contributed by atoms with Gasteiger partial charge in [-0.1, -0.05) is 0 Å². The van der Waals surface area contributed by atoms with Crippen molar-refractivity contribution in [3.05, 3.63) is 18.0 Å². The average Bonchev–Trinajstić information content (AvgIpc) is 3.11. The fourth-order valence-corrected chi connectivity index (χ4v) is 2.44. The average molecular weight is 261 g/mol. The summed E-state index contributed by atoms with van der Waals surface area (Å²) in [5, 5.41) is 3.42. The van der Waals surface area contributed by atoms with Gasteiger partial charge >= 0.3 is 0 Å². The van der Waals surface area contributed by atoms with Gasteiger partial charge in [-0.15, -0.1) is 0 Å². The molecule has 1 saturated carbocycles. The molecule has 2 aliphatic rings. The van der Waals surface area contributed by atoms with Crippen molar-refractivity contribution in [3.63, 3.8) is 0 Å². The highest BCUT2D eigenvalue weighted by atomic mass is 16.1. The third-order valence-corrected chi connectivity index (χ3v) is 3.70. The van der Waals surface area contributed by atoms with Gasteiger partial charge in [0.25, 0.3) is 0 Å². The number of carbonyl (C=O) groups is 1. The molecular weight excluding hydrogens is 242 g/mol. The maximum atomic E-state index is 11.4. The molecule has 6 nitrogen and oxygen atoms in total. The Hall–Kier alpha value is -1.69. The molecule has 1 aromatic heterocycles. The van der Waals surface area contributed by atoms with Gasteiger partial charge in [-0.05, 0) is 25.7 Å². The van der Waals surface area contributed by atoms with Crippen LogP contribution in [0.3, 0.4) is 0 Å². The molecule has 1 saturated heterocycles. The number of hydrogen-bond acceptors (Lipinski definition) is 5. The SMILES string of the molecule is NC(=O)C1CCCN1c1ncc(CNC2CC2)cn1. The number of hydrogen-bond donors (Lipinski definition) is 2. The van der Waals surface area contributed by atoms with Crippen molar-refractivity contribution in [3.8, 4) is 0 Å². The van der Waals surface area contributed by atoms with Crippen molar-refractivity contribution < 1.29 is 4.79 Å². The summed E-state index contributed by atoms with van der Waals surface area (Å²) in [6, 6.07) is 0.424. The van der Waals surface area contributed by atoms with E-state index in [-0.39, 0.29) is 11.9 Å². The maximum absolute atomic E-state index is 11.4. The van der Waals surface area contributed by atoms with Crippen molar-refractivity contribution >= 4 is 11.9 Å². The summed E-state index contributed by atoms with van der Waals surface area (Å²) < 4.78 is 0. The number of nitrogens with zero attached hydrogens (tertiary/aromatic N) is 3. The van der Waals surface area contributed by atoms with E-state index in [0.717, 1.165) is 31.5 Å². The van der Waals surface area contributed by atoms with Gasteiger partial charge in [0.2, 0.25) is 11.9 Å². The summed E-state index contributed by atoms with van der Waals surface area (Å²) in [7, 11) is 0. The standard InChI is InChI=1S/C13H19N5O/c14-12(19)11-2-1-5-18(11)13-16-7-9(8-17-13)6-15-10-3-4-10/h7-8,10-11,15H,1-6H2,(H2,14,19). The van der Waals surface area contributed by atoms with Gasteiger partial charge in [0.05, 0.1) is 0 Å². The Morgan fingerprint density at radius 2 is 2.11 bits per heavy atom. The first-order valence-corrected chi connectivity index (χ1v) is 6.84. The molecule has 2 fully saturated rings. The summed E-state index contributed by atoms with van der Waals surface area (Å²) >= 11 is 0. The summed E-state index contributed by atoms with van der Waals surface area (Å²) in [6.45, 7) is 1.61. The molecule has 3 rings (SSSR count). The lowest BCUT2D eigenvalue weighted by atomic mass is 10.2. The van der Waals surface area contributed by atoms with Crippen LogP contribution in [0.2, 0.25) is 0 Å². The second-order valence-corrected chi connectivity index (χ2v) is 5.30. The molecule has 0 bridgehead atoms. The summed E-state index contributed by atoms with van der Waals surface area (Å²) in [6.07, 6.45) is 7.95. The van der Waals surface area contributed by atoms with Gasteiger partial charge in [-0.25, -0.2) is 9.97 Å². The lowest BCUT2D eigenvalue weighted by Crippen LogP contribution is -2.41. The molecule has 1 aromatic rings. The van der Waals surface area contributed by atoms with Gasteiger partial charge in [0, 0.05) is 37.1 Å². The Balaban J connectivity index is 1.65. The van der Waals surface area contributed by atoms with E-state index in [0.29, 0.717) is 12.0 Å². The number of rotatable bonds is 5. The van der Waals surface area contributed by atoms with E-state index in [1.54, 1.807) is 0 Å². The molecule has 1 aliphatic heterocycles. The molecule has 0 spiro atoms. The van der Waals surface area contributed by atoms with Crippen LogP contribution in [0.15, 0.2) is 12.4 Å². The second-order valence-electron chi connectivity index (χ2n) is 5.30. The Morgan fingerprint density at radius 1 is 1.37 bits per heavy atom. The first-order valence-electron chi connectivity index (χ1n) is 6.84. The number of primary amides is 1. The topological polar surface area (TPSA) is 84.1 Å². The molecule has 102 valence electrons. The quantitative estimate of drug-likeness (QED) is 0.790. The van der Waals surface area contributed by atoms with E-state index < -0.39 is 0 Å². The fourth-order valence-electron chi connectivity index (χ4n) is 2.44. The maximum Gasteiger partial charge on any atom is 0.240 e. The molecule has 0 aromatic carbocycles. The molecule has 3 N–H and O–H groups in total. The lowest BCUT2D eigenvalue weighted by molar-refractivity contribution is -0.119. The summed E-state index contributed by atoms with van der Waals surface area (Å²) in [4.78, 5) is 22.0. The van der Waals surface area contributed by atoms with Crippen LogP contribution in [0.25, 0.3) is 0 Å². The minimum atomic E-state index is -0.291. The van der Waals surface area contributed by atoms with Crippen LogP contribution in [0, 0.1) is 0 Å². The van der Waals surface area contributed by atoms with Gasteiger partial charge in [0.1, 0.15) is 6.04 Å². The van der Waals surface area contributed by atoms with Crippen molar-refractivity contribution in [1.29, 1.82) is 0 Å². The number of nitrogens with one attached hydrogen (secondary N) is 1. The van der Waals surface area contributed by atoms with E-state index in [9.17, 15) is 4.79 Å². The predicted molar refractivity (Wildman–Crippen MR) is 71.5 cm³/mol. The number of anilines is 1. The minimum Gasteiger partial charge on any atom is -0.368 e. The molecule has 1 amide bonds. The second kappa shape index (κ2) is 5.13. The highest BCUT2D eigenvalue weighted by molar-refractivity contribution is 5.83. The van der Waals surface area contributed by atoms with Crippen LogP contribution in [0.4, 0.5) is 5.95 Å². The van der Waals surface area contributed by atoms with Gasteiger partial charge < -0.3 is 16.0 Å². The smallest absolute Gasteiger partial charge is 0.240 e. The van der Waals surface area contributed by atoms with Crippen LogP contribution in [0.5, 0.6) is 0 Å². The molecule has 1 unspecified atom stereocenters. The molecular formula is C13H19N5O. The Bertz CT molecular complexity index is 457. The third-order valence-electron chi connectivity index (χ3n) is 3.70. The first-order chi connectivity index (χ1) is 9.24. The zero-order valence-corrected chi connectivity index (χ0v) is 10.9. The van der Waals surface area contributed by atoms with Gasteiger partial charge in [-0.2, -0.15) is 0 Å². The lowest BCUT2D eigenvalue weighted by Gasteiger charge is -2.21. The number of aromatic nitrogens is 2. The zero-order valence-electron chi connectivity index (χ0n) is 10.9. The van der Waals surface area contributed by atoms with Crippen molar-refractivity contribution in [2.75, 3.05) is 11.4 Å². The summed E-state index contributed by atoms with van der Waals surface area (Å²) in [5.74, 6) is 0.317. The highest BCUT2D eigenvalue weighted by Crippen LogP contribution is 2.22. The van der Waals surface area contributed by atoms with Gasteiger partial charge in [-0.3, -0.25) is 4.79 Å². The molecule has 19 heavy (non-hydrogen) atoms. The molecule has 1 aliphatic carbocycles. The third kappa shape index (κ3) is 2.84. The van der Waals surface area contributed by atoms with Crippen molar-refractivity contribution in [2.24, 2.45) is 5.73 Å². The van der Waals surface area contributed by atoms with Crippen LogP contribution in [-0.4, -0.2) is 34.5 Å². The monoisotopic (exact) mass is 261 g/mol. The summed E-state index contributed by atoms with van der Waals surface area (Å²) in [5.41, 5.74) is 6.47. The Labute approximate surface area is 112 Å². The molecule has 1 atom stereocenters. The zero-order chi connectivity index (χ0) is 13.2. The number of amides is 1. The number of nitrogens with two attached hydrogens (primary N) is 1. The minimum absolute atomic E-state index is 0.254. The van der Waals surface area contributed by atoms with E-state index in [4.69, 9.17) is 5.73 Å². The predicted octanol–water partition coefficient (Wildman–Crippen LogP) is 0.183. The first kappa shape index (κ1) is 12.3. The Morgan fingerprint density at radius 3 is 2.74 bits per heavy atom. The van der Waals surface area contributed by atoms with E-state index >= 15 is 0 Å². The van der Waals surface area contributed by atoms with E-state index in [2.05, 4.69) is 15.3 Å². The number of carbonyl (C=O) groups excluding carboxylic acids is 1.